The Morgan fingerprint density at radius 1 is 0.700 bits per heavy atom. The summed E-state index contributed by atoms with van der Waals surface area (Å²) in [5, 5.41) is 9.70. The van der Waals surface area contributed by atoms with Crippen molar-refractivity contribution in [3.8, 4) is 5.75 Å². The van der Waals surface area contributed by atoms with Crippen molar-refractivity contribution >= 4 is 0 Å². The summed E-state index contributed by atoms with van der Waals surface area (Å²) < 4.78 is 31.2. The first-order chi connectivity index (χ1) is 23.9. The number of aliphatic hydroxyl groups excluding tert-OH is 1. The summed E-state index contributed by atoms with van der Waals surface area (Å²) in [5.74, 6) is 3.59. The molecule has 50 heavy (non-hydrogen) atoms. The van der Waals surface area contributed by atoms with Crippen molar-refractivity contribution in [1.82, 2.24) is 0 Å². The molecule has 2 aromatic rings. The molecule has 0 spiro atoms. The fraction of sp³-hybridized carbons (Fsp3) is 0.721. The maximum atomic E-state index is 9.70. The molecule has 2 saturated heterocycles. The van der Waals surface area contributed by atoms with E-state index in [2.05, 4.69) is 77.9 Å². The summed E-state index contributed by atoms with van der Waals surface area (Å²) in [4.78, 5) is 0. The number of epoxide rings is 2. The lowest BCUT2D eigenvalue weighted by molar-refractivity contribution is -0.0610. The van der Waals surface area contributed by atoms with E-state index < -0.39 is 6.10 Å². The van der Waals surface area contributed by atoms with Crippen LogP contribution < -0.4 is 4.74 Å². The Labute approximate surface area is 303 Å². The molecule has 2 aromatic carbocycles. The third-order valence-corrected chi connectivity index (χ3v) is 11.6. The first-order valence-electron chi connectivity index (χ1n) is 19.2. The number of methoxy groups -OCH3 is 2. The quantitative estimate of drug-likeness (QED) is 0.198. The summed E-state index contributed by atoms with van der Waals surface area (Å²) >= 11 is 0. The van der Waals surface area contributed by atoms with Gasteiger partial charge in [-0.05, 0) is 91.9 Å². The van der Waals surface area contributed by atoms with Gasteiger partial charge in [0.2, 0.25) is 0 Å². The monoisotopic (exact) mass is 696 g/mol. The number of aliphatic hydroxyl groups is 1. The van der Waals surface area contributed by atoms with Gasteiger partial charge in [0, 0.05) is 19.6 Å². The van der Waals surface area contributed by atoms with Crippen LogP contribution in [-0.2, 0) is 29.1 Å². The second-order valence-corrected chi connectivity index (χ2v) is 16.4. The van der Waals surface area contributed by atoms with E-state index in [0.717, 1.165) is 56.2 Å². The predicted molar refractivity (Wildman–Crippen MR) is 201 cm³/mol. The minimum Gasteiger partial charge on any atom is -0.491 e. The Morgan fingerprint density at radius 2 is 1.20 bits per heavy atom. The number of hydrogen-bond donors (Lipinski definition) is 1. The van der Waals surface area contributed by atoms with E-state index in [4.69, 9.17) is 28.4 Å². The predicted octanol–water partition coefficient (Wildman–Crippen LogP) is 8.55. The van der Waals surface area contributed by atoms with Gasteiger partial charge in [-0.2, -0.15) is 0 Å². The van der Waals surface area contributed by atoms with Gasteiger partial charge >= 0.3 is 0 Å². The van der Waals surface area contributed by atoms with Crippen LogP contribution in [0.2, 0.25) is 0 Å². The lowest BCUT2D eigenvalue weighted by Crippen LogP contribution is -2.38. The Bertz CT molecular complexity index is 1200. The van der Waals surface area contributed by atoms with Gasteiger partial charge in [0.1, 0.15) is 30.7 Å². The molecule has 6 rings (SSSR count). The molecule has 2 aliphatic heterocycles. The molecular formula is C43H68O7. The second kappa shape index (κ2) is 19.7. The third-order valence-electron chi connectivity index (χ3n) is 11.6. The van der Waals surface area contributed by atoms with Crippen LogP contribution >= 0.6 is 0 Å². The first-order valence-corrected chi connectivity index (χ1v) is 19.2. The Morgan fingerprint density at radius 3 is 1.68 bits per heavy atom. The molecule has 0 bridgehead atoms. The lowest BCUT2D eigenvalue weighted by Gasteiger charge is -2.46. The highest BCUT2D eigenvalue weighted by Gasteiger charge is 2.40. The van der Waals surface area contributed by atoms with Gasteiger partial charge in [0.05, 0.1) is 39.1 Å². The van der Waals surface area contributed by atoms with Crippen LogP contribution in [0.1, 0.15) is 103 Å². The highest BCUT2D eigenvalue weighted by Crippen LogP contribution is 2.49. The fourth-order valence-electron chi connectivity index (χ4n) is 7.61. The molecule has 7 nitrogen and oxygen atoms in total. The van der Waals surface area contributed by atoms with Crippen LogP contribution in [0, 0.1) is 30.1 Å². The normalized spacial score (nSPS) is 26.8. The molecule has 0 amide bonds. The van der Waals surface area contributed by atoms with Crippen molar-refractivity contribution in [2.45, 2.75) is 123 Å². The van der Waals surface area contributed by atoms with Gasteiger partial charge in [0.15, 0.2) is 0 Å². The summed E-state index contributed by atoms with van der Waals surface area (Å²) in [6, 6.07) is 17.2. The second-order valence-electron chi connectivity index (χ2n) is 16.4. The minimum atomic E-state index is -0.488. The number of hydrogen-bond acceptors (Lipinski definition) is 7. The molecular weight excluding hydrogens is 628 g/mol. The van der Waals surface area contributed by atoms with Crippen molar-refractivity contribution in [1.29, 1.82) is 0 Å². The van der Waals surface area contributed by atoms with E-state index >= 15 is 0 Å². The average molecular weight is 697 g/mol. The van der Waals surface area contributed by atoms with E-state index in [1.807, 2.05) is 12.1 Å². The van der Waals surface area contributed by atoms with Gasteiger partial charge < -0.3 is 33.5 Å². The largest absolute Gasteiger partial charge is 0.491 e. The van der Waals surface area contributed by atoms with Crippen LogP contribution in [-0.4, -0.2) is 83.4 Å². The molecule has 282 valence electrons. The van der Waals surface area contributed by atoms with Gasteiger partial charge in [-0.25, -0.2) is 0 Å². The van der Waals surface area contributed by atoms with Crippen LogP contribution in [0.25, 0.3) is 0 Å². The smallest absolute Gasteiger partial charge is 0.119 e. The molecule has 2 saturated carbocycles. The van der Waals surface area contributed by atoms with Crippen molar-refractivity contribution in [2.75, 3.05) is 53.9 Å². The van der Waals surface area contributed by atoms with Crippen LogP contribution in [0.4, 0.5) is 0 Å². The van der Waals surface area contributed by atoms with Gasteiger partial charge in [0.25, 0.3) is 0 Å². The Hall–Kier alpha value is -2.00. The summed E-state index contributed by atoms with van der Waals surface area (Å²) in [6.45, 7) is 18.0. The van der Waals surface area contributed by atoms with Crippen LogP contribution in [0.15, 0.2) is 48.5 Å². The van der Waals surface area contributed by atoms with E-state index in [1.165, 1.54) is 55.2 Å². The maximum Gasteiger partial charge on any atom is 0.119 e. The Kier molecular flexibility index (Phi) is 16.1. The molecule has 1 N–H and O–H groups in total. The minimum absolute atomic E-state index is 0.00810. The fourth-order valence-corrected chi connectivity index (χ4v) is 7.61. The highest BCUT2D eigenvalue weighted by molar-refractivity contribution is 5.40. The zero-order chi connectivity index (χ0) is 36.1. The standard InChI is InChI=1S/C20H38O3.C19H22O2.C4H8O2/c1-15-5-7-16(8-6-15)20(2,3)17-9-11-19(12-10-17)23-14-18(21)13-22-4;1-14-4-6-15(7-5-14)19(2,3)16-8-10-17(11-9-16)20-12-18-13-21-18;1-5-2-4-3-6-4/h15-19,21H,5-14H2,1-4H3;4-11,18H,12-13H2,1-3H3;4H,2-3H2,1H3. The molecule has 7 heteroatoms. The zero-order valence-electron chi connectivity index (χ0n) is 32.5. The number of ether oxygens (including phenoxy) is 6. The molecule has 0 aromatic heterocycles. The number of benzene rings is 2. The van der Waals surface area contributed by atoms with Crippen molar-refractivity contribution in [2.24, 2.45) is 23.2 Å². The van der Waals surface area contributed by atoms with Gasteiger partial charge in [-0.3, -0.25) is 0 Å². The molecule has 3 atom stereocenters. The SMILES string of the molecule is COCC(O)COC1CCC(C(C)(C)C2CCC(C)CC2)CC1.COCC1CO1.Cc1ccc(C(C)(C)c2ccc(OCC3CO3)cc2)cc1. The van der Waals surface area contributed by atoms with E-state index in [1.54, 1.807) is 14.2 Å². The Balaban J connectivity index is 0.000000193. The van der Waals surface area contributed by atoms with Crippen LogP contribution in [0.5, 0.6) is 5.75 Å². The molecule has 2 aliphatic carbocycles. The summed E-state index contributed by atoms with van der Waals surface area (Å²) in [6.07, 6.45) is 11.1. The first kappa shape index (κ1) is 40.8. The third kappa shape index (κ3) is 13.2. The zero-order valence-corrected chi connectivity index (χ0v) is 32.5. The van der Waals surface area contributed by atoms with Crippen molar-refractivity contribution in [3.63, 3.8) is 0 Å². The molecule has 3 unspecified atom stereocenters. The lowest BCUT2D eigenvalue weighted by atomic mass is 9.60. The topological polar surface area (TPSA) is 82.2 Å². The van der Waals surface area contributed by atoms with Crippen LogP contribution in [0.3, 0.4) is 0 Å². The number of aryl methyl sites for hydroxylation is 1. The highest BCUT2D eigenvalue weighted by atomic mass is 16.6. The average Bonchev–Trinajstić information content (AvgIpc) is 4.05. The number of rotatable bonds is 14. The van der Waals surface area contributed by atoms with E-state index in [0.29, 0.717) is 43.5 Å². The van der Waals surface area contributed by atoms with E-state index in [-0.39, 0.29) is 5.41 Å². The van der Waals surface area contributed by atoms with E-state index in [9.17, 15) is 5.11 Å². The van der Waals surface area contributed by atoms with Gasteiger partial charge in [-0.15, -0.1) is 0 Å². The summed E-state index contributed by atoms with van der Waals surface area (Å²) in [7, 11) is 3.30. The molecule has 4 fully saturated rings. The van der Waals surface area contributed by atoms with Crippen molar-refractivity contribution in [3.05, 3.63) is 65.2 Å². The van der Waals surface area contributed by atoms with Crippen molar-refractivity contribution < 1.29 is 33.5 Å². The maximum absolute atomic E-state index is 9.70. The van der Waals surface area contributed by atoms with Gasteiger partial charge in [-0.1, -0.05) is 89.4 Å². The summed E-state index contributed by atoms with van der Waals surface area (Å²) in [5.41, 5.74) is 4.38. The molecule has 2 heterocycles. The molecule has 0 radical (unpaired) electrons. The molecule has 4 aliphatic rings.